The number of carbonyl (C=O) groups is 3. The fourth-order valence-corrected chi connectivity index (χ4v) is 6.94. The molecule has 0 aliphatic carbocycles. The van der Waals surface area contributed by atoms with Crippen molar-refractivity contribution < 1.29 is 38.2 Å². The molecule has 10 heteroatoms. The highest BCUT2D eigenvalue weighted by Crippen LogP contribution is 2.41. The SMILES string of the molecule is CC[C@H]1OC(=O)[C@@](C)(F)C(=O)[C@H](C)C[C@@]2(C)C[C@@H](C)C(=NC(C)=O)[C@H](C)[C@@H](CC/C(=N\OCc3ccccc3)CO2)[C@]1(C)O. The first kappa shape index (κ1) is 35.5. The maximum Gasteiger partial charge on any atom is 0.351 e. The summed E-state index contributed by atoms with van der Waals surface area (Å²) < 4.78 is 28.1. The molecule has 0 spiro atoms. The number of hydrogen-bond acceptors (Lipinski definition) is 8. The van der Waals surface area contributed by atoms with Crippen LogP contribution in [0.3, 0.4) is 0 Å². The van der Waals surface area contributed by atoms with Crippen LogP contribution in [0.1, 0.15) is 93.1 Å². The van der Waals surface area contributed by atoms with Crippen molar-refractivity contribution in [2.45, 2.75) is 117 Å². The van der Waals surface area contributed by atoms with Crippen LogP contribution in [-0.2, 0) is 35.3 Å². The minimum Gasteiger partial charge on any atom is -0.457 e. The lowest BCUT2D eigenvalue weighted by Crippen LogP contribution is -2.55. The molecule has 2 bridgehead atoms. The zero-order valence-corrected chi connectivity index (χ0v) is 27.4. The highest BCUT2D eigenvalue weighted by molar-refractivity contribution is 6.07. The van der Waals surface area contributed by atoms with Crippen LogP contribution < -0.4 is 0 Å². The quantitative estimate of drug-likeness (QED) is 0.257. The molecule has 2 fully saturated rings. The van der Waals surface area contributed by atoms with Gasteiger partial charge in [-0.3, -0.25) is 9.59 Å². The van der Waals surface area contributed by atoms with Crippen LogP contribution in [0.5, 0.6) is 0 Å². The number of nitrogens with zero attached hydrogens (tertiary/aromatic N) is 2. The zero-order chi connectivity index (χ0) is 32.9. The summed E-state index contributed by atoms with van der Waals surface area (Å²) in [4.78, 5) is 49.2. The molecule has 1 N–H and O–H groups in total. The predicted molar refractivity (Wildman–Crippen MR) is 166 cm³/mol. The Kier molecular flexibility index (Phi) is 11.6. The molecule has 1 aromatic rings. The smallest absolute Gasteiger partial charge is 0.351 e. The van der Waals surface area contributed by atoms with Gasteiger partial charge in [-0.05, 0) is 70.3 Å². The first-order valence-electron chi connectivity index (χ1n) is 15.6. The number of halogens is 1. The van der Waals surface area contributed by atoms with Crippen molar-refractivity contribution in [2.24, 2.45) is 33.8 Å². The van der Waals surface area contributed by atoms with Gasteiger partial charge in [-0.2, -0.15) is 0 Å². The Balaban J connectivity index is 2.19. The number of amides is 1. The summed E-state index contributed by atoms with van der Waals surface area (Å²) in [5, 5.41) is 16.6. The van der Waals surface area contributed by atoms with Gasteiger partial charge in [0.25, 0.3) is 5.67 Å². The van der Waals surface area contributed by atoms with Crippen molar-refractivity contribution in [3.63, 3.8) is 0 Å². The molecule has 2 aliphatic heterocycles. The van der Waals surface area contributed by atoms with Crippen LogP contribution in [0.15, 0.2) is 40.5 Å². The normalized spacial score (nSPS) is 37.9. The van der Waals surface area contributed by atoms with Crippen LogP contribution in [0.2, 0.25) is 0 Å². The first-order valence-corrected chi connectivity index (χ1v) is 15.6. The van der Waals surface area contributed by atoms with Crippen LogP contribution in [0, 0.1) is 23.7 Å². The van der Waals surface area contributed by atoms with Gasteiger partial charge in [0, 0.05) is 24.5 Å². The molecule has 0 aromatic heterocycles. The van der Waals surface area contributed by atoms with Crippen LogP contribution in [0.4, 0.5) is 4.39 Å². The standard InChI is InChI=1S/C34H49FN2O7/c1-9-28-34(8,41)27-16-15-26(37-43-19-25-13-11-10-12-14-25)20-42-32(6,17-21(2)29(23(27)4)36-24(5)38)18-22(3)30(39)33(7,35)31(40)44-28/h10-14,21-23,27-28,41H,9,15-20H2,1-8H3/b36-29?,37-26+/t21-,22-,23-,27-,28-,32-,33+,34+/m1/s1. The van der Waals surface area contributed by atoms with E-state index < -0.39 is 52.5 Å². The van der Waals surface area contributed by atoms with Gasteiger partial charge < -0.3 is 19.4 Å². The highest BCUT2D eigenvalue weighted by Gasteiger charge is 2.52. The van der Waals surface area contributed by atoms with E-state index in [0.29, 0.717) is 30.7 Å². The minimum absolute atomic E-state index is 0.0703. The van der Waals surface area contributed by atoms with Crippen molar-refractivity contribution in [3.05, 3.63) is 35.9 Å². The number of aliphatic imine (C=N–C) groups is 1. The number of carbonyl (C=O) groups excluding carboxylic acids is 3. The maximum atomic E-state index is 15.9. The second kappa shape index (κ2) is 14.4. The van der Waals surface area contributed by atoms with Gasteiger partial charge in [0.15, 0.2) is 5.78 Å². The Morgan fingerprint density at radius 3 is 2.34 bits per heavy atom. The summed E-state index contributed by atoms with van der Waals surface area (Å²) in [6.45, 7) is 13.2. The van der Waals surface area contributed by atoms with Crippen molar-refractivity contribution in [1.82, 2.24) is 0 Å². The van der Waals surface area contributed by atoms with Gasteiger partial charge in [0.05, 0.1) is 17.9 Å². The summed E-state index contributed by atoms with van der Waals surface area (Å²) in [5.41, 5.74) is -3.48. The zero-order valence-electron chi connectivity index (χ0n) is 27.4. The van der Waals surface area contributed by atoms with Gasteiger partial charge >= 0.3 is 5.97 Å². The molecule has 1 aromatic carbocycles. The largest absolute Gasteiger partial charge is 0.457 e. The molecule has 1 amide bonds. The van der Waals surface area contributed by atoms with Gasteiger partial charge in [0.1, 0.15) is 18.3 Å². The summed E-state index contributed by atoms with van der Waals surface area (Å²) >= 11 is 0. The Hall–Kier alpha value is -2.98. The summed E-state index contributed by atoms with van der Waals surface area (Å²) in [6, 6.07) is 9.61. The van der Waals surface area contributed by atoms with Crippen molar-refractivity contribution in [1.29, 1.82) is 0 Å². The number of Topliss-reactive ketones (excluding diaryl/α,β-unsaturated/α-hetero) is 1. The van der Waals surface area contributed by atoms with E-state index in [4.69, 9.17) is 14.3 Å². The van der Waals surface area contributed by atoms with E-state index in [0.717, 1.165) is 12.5 Å². The topological polar surface area (TPSA) is 124 Å². The van der Waals surface area contributed by atoms with E-state index >= 15 is 4.39 Å². The second-order valence-electron chi connectivity index (χ2n) is 13.3. The fourth-order valence-electron chi connectivity index (χ4n) is 6.94. The van der Waals surface area contributed by atoms with E-state index in [1.54, 1.807) is 20.8 Å². The second-order valence-corrected chi connectivity index (χ2v) is 13.3. The number of oxime groups is 1. The third kappa shape index (κ3) is 8.38. The lowest BCUT2D eigenvalue weighted by Gasteiger charge is -2.43. The summed E-state index contributed by atoms with van der Waals surface area (Å²) in [5.74, 6) is -4.88. The third-order valence-corrected chi connectivity index (χ3v) is 9.25. The number of hydrogen-bond donors (Lipinski definition) is 1. The average Bonchev–Trinajstić information content (AvgIpc) is 2.96. The molecule has 44 heavy (non-hydrogen) atoms. The van der Waals surface area contributed by atoms with E-state index in [9.17, 15) is 19.5 Å². The number of aliphatic hydroxyl groups is 1. The Morgan fingerprint density at radius 2 is 1.73 bits per heavy atom. The molecule has 2 aliphatic rings. The van der Waals surface area contributed by atoms with Gasteiger partial charge in [-0.15, -0.1) is 0 Å². The molecule has 2 saturated heterocycles. The number of esters is 1. The molecule has 0 saturated carbocycles. The van der Waals surface area contributed by atoms with Crippen molar-refractivity contribution in [3.8, 4) is 0 Å². The number of ketones is 1. The van der Waals surface area contributed by atoms with Gasteiger partial charge in [-0.1, -0.05) is 63.2 Å². The van der Waals surface area contributed by atoms with E-state index in [1.807, 2.05) is 51.1 Å². The van der Waals surface area contributed by atoms with Crippen LogP contribution in [-0.4, -0.2) is 63.8 Å². The Bertz CT molecular complexity index is 1250. The Morgan fingerprint density at radius 1 is 1.09 bits per heavy atom. The Labute approximate surface area is 260 Å². The lowest BCUT2D eigenvalue weighted by molar-refractivity contribution is -0.186. The van der Waals surface area contributed by atoms with E-state index in [-0.39, 0.29) is 37.9 Å². The van der Waals surface area contributed by atoms with Crippen LogP contribution in [0.25, 0.3) is 0 Å². The number of alkyl halides is 1. The molecule has 0 unspecified atom stereocenters. The van der Waals surface area contributed by atoms with Crippen LogP contribution >= 0.6 is 0 Å². The predicted octanol–water partition coefficient (Wildman–Crippen LogP) is 5.80. The number of ether oxygens (including phenoxy) is 2. The molecule has 2 heterocycles. The van der Waals surface area contributed by atoms with Gasteiger partial charge in [0.2, 0.25) is 5.91 Å². The number of cyclic esters (lactones) is 1. The fraction of sp³-hybridized carbons (Fsp3) is 0.676. The molecule has 9 nitrogen and oxygen atoms in total. The van der Waals surface area contributed by atoms with Gasteiger partial charge in [-0.25, -0.2) is 14.2 Å². The molecular weight excluding hydrogens is 567 g/mol. The minimum atomic E-state index is -2.92. The highest BCUT2D eigenvalue weighted by atomic mass is 19.1. The van der Waals surface area contributed by atoms with E-state index in [1.165, 1.54) is 6.92 Å². The average molecular weight is 617 g/mol. The molecular formula is C34H49FN2O7. The van der Waals surface area contributed by atoms with Crippen molar-refractivity contribution >= 4 is 29.1 Å². The summed E-state index contributed by atoms with van der Waals surface area (Å²) in [7, 11) is 0. The monoisotopic (exact) mass is 616 g/mol. The first-order chi connectivity index (χ1) is 20.5. The number of benzene rings is 1. The third-order valence-electron chi connectivity index (χ3n) is 9.25. The number of fused-ring (bicyclic) bond motifs is 5. The van der Waals surface area contributed by atoms with E-state index in [2.05, 4.69) is 10.1 Å². The molecule has 8 atom stereocenters. The number of rotatable bonds is 4. The maximum absolute atomic E-state index is 15.9. The van der Waals surface area contributed by atoms with Crippen molar-refractivity contribution in [2.75, 3.05) is 6.61 Å². The molecule has 0 radical (unpaired) electrons. The lowest BCUT2D eigenvalue weighted by atomic mass is 9.69. The molecule has 3 rings (SSSR count). The molecule has 244 valence electrons. The summed E-state index contributed by atoms with van der Waals surface area (Å²) in [6.07, 6.45) is 0.177.